The molecule has 2 rings (SSSR count). The van der Waals surface area contributed by atoms with E-state index in [0.717, 1.165) is 17.1 Å². The fraction of sp³-hybridized carbons (Fsp3) is 0.0667. The van der Waals surface area contributed by atoms with Crippen LogP contribution in [-0.2, 0) is 0 Å². The molecular weight excluding hydrogens is 196 g/mol. The Hall–Kier alpha value is -2.02. The van der Waals surface area contributed by atoms with Crippen molar-refractivity contribution in [3.05, 3.63) is 72.0 Å². The van der Waals surface area contributed by atoms with Gasteiger partial charge in [0, 0.05) is 0 Å². The zero-order valence-corrected chi connectivity index (χ0v) is 9.26. The van der Waals surface area contributed by atoms with Crippen molar-refractivity contribution < 1.29 is 4.74 Å². The van der Waals surface area contributed by atoms with Crippen LogP contribution in [0.4, 0.5) is 0 Å². The summed E-state index contributed by atoms with van der Waals surface area (Å²) < 4.78 is 5.68. The molecule has 1 heteroatoms. The van der Waals surface area contributed by atoms with Gasteiger partial charge in [-0.3, -0.25) is 0 Å². The van der Waals surface area contributed by atoms with Gasteiger partial charge in [-0.05, 0) is 30.7 Å². The van der Waals surface area contributed by atoms with Gasteiger partial charge < -0.3 is 4.74 Å². The molecule has 0 aromatic heterocycles. The highest BCUT2D eigenvalue weighted by molar-refractivity contribution is 5.51. The normalized spacial score (nSPS) is 11.2. The van der Waals surface area contributed by atoms with Gasteiger partial charge in [0.2, 0.25) is 0 Å². The van der Waals surface area contributed by atoms with E-state index in [0.29, 0.717) is 0 Å². The van der Waals surface area contributed by atoms with E-state index >= 15 is 0 Å². The average Bonchev–Trinajstić information content (AvgIpc) is 2.31. The molecule has 0 N–H and O–H groups in total. The Morgan fingerprint density at radius 2 is 1.44 bits per heavy atom. The second-order valence-corrected chi connectivity index (χ2v) is 3.58. The Labute approximate surface area is 96.0 Å². The van der Waals surface area contributed by atoms with E-state index in [1.165, 1.54) is 0 Å². The second-order valence-electron chi connectivity index (χ2n) is 3.58. The molecule has 0 saturated heterocycles. The number of hydrogen-bond acceptors (Lipinski definition) is 1. The fourth-order valence-corrected chi connectivity index (χ4v) is 1.49. The van der Waals surface area contributed by atoms with Crippen LogP contribution in [0.5, 0.6) is 5.75 Å². The number of hydrogen-bond donors (Lipinski definition) is 0. The molecule has 0 spiro atoms. The topological polar surface area (TPSA) is 9.23 Å². The largest absolute Gasteiger partial charge is 0.462 e. The molecule has 0 amide bonds. The molecule has 2 aromatic carbocycles. The van der Waals surface area contributed by atoms with Crippen molar-refractivity contribution in [1.29, 1.82) is 0 Å². The predicted molar refractivity (Wildman–Crippen MR) is 67.2 cm³/mol. The third-order valence-corrected chi connectivity index (χ3v) is 2.19. The Balaban J connectivity index is 2.09. The predicted octanol–water partition coefficient (Wildman–Crippen LogP) is 4.13. The van der Waals surface area contributed by atoms with E-state index in [1.807, 2.05) is 61.5 Å². The molecule has 0 aliphatic heterocycles. The number of rotatable bonds is 3. The van der Waals surface area contributed by atoms with Crippen LogP contribution < -0.4 is 4.74 Å². The van der Waals surface area contributed by atoms with Crippen molar-refractivity contribution in [1.82, 2.24) is 0 Å². The molecule has 80 valence electrons. The van der Waals surface area contributed by atoms with E-state index in [2.05, 4.69) is 12.1 Å². The lowest BCUT2D eigenvalue weighted by molar-refractivity contribution is 0.433. The van der Waals surface area contributed by atoms with E-state index < -0.39 is 0 Å². The fourth-order valence-electron chi connectivity index (χ4n) is 1.49. The number of benzene rings is 2. The summed E-state index contributed by atoms with van der Waals surface area (Å²) in [5.41, 5.74) is 1.15. The minimum Gasteiger partial charge on any atom is -0.462 e. The summed E-state index contributed by atoms with van der Waals surface area (Å²) in [6, 6.07) is 19.9. The number of allylic oxidation sites excluding steroid dienone is 1. The summed E-state index contributed by atoms with van der Waals surface area (Å²) in [5.74, 6) is 1.75. The molecule has 0 bridgehead atoms. The minimum absolute atomic E-state index is 0.868. The van der Waals surface area contributed by atoms with Gasteiger partial charge in [0.15, 0.2) is 0 Å². The lowest BCUT2D eigenvalue weighted by atomic mass is 10.2. The van der Waals surface area contributed by atoms with Crippen LogP contribution in [0.2, 0.25) is 0 Å². The molecule has 2 aromatic rings. The van der Waals surface area contributed by atoms with Crippen LogP contribution in [0.3, 0.4) is 0 Å². The van der Waals surface area contributed by atoms with Gasteiger partial charge >= 0.3 is 0 Å². The van der Waals surface area contributed by atoms with E-state index in [9.17, 15) is 0 Å². The molecule has 0 saturated carbocycles. The number of ether oxygens (including phenoxy) is 1. The summed E-state index contributed by atoms with van der Waals surface area (Å²) in [4.78, 5) is 0. The first-order valence-corrected chi connectivity index (χ1v) is 5.31. The lowest BCUT2D eigenvalue weighted by Crippen LogP contribution is -1.89. The van der Waals surface area contributed by atoms with Crippen LogP contribution >= 0.6 is 0 Å². The SMILES string of the molecule is C/C(=C\c1ccccc1)Oc1ccccc1. The van der Waals surface area contributed by atoms with Gasteiger partial charge in [-0.25, -0.2) is 0 Å². The highest BCUT2D eigenvalue weighted by Crippen LogP contribution is 2.14. The van der Waals surface area contributed by atoms with Crippen LogP contribution in [-0.4, -0.2) is 0 Å². The van der Waals surface area contributed by atoms with Gasteiger partial charge in [-0.2, -0.15) is 0 Å². The summed E-state index contributed by atoms with van der Waals surface area (Å²) >= 11 is 0. The molecule has 0 atom stereocenters. The highest BCUT2D eigenvalue weighted by atomic mass is 16.5. The molecule has 0 aliphatic rings. The third-order valence-electron chi connectivity index (χ3n) is 2.19. The summed E-state index contributed by atoms with van der Waals surface area (Å²) in [6.07, 6.45) is 2.02. The summed E-state index contributed by atoms with van der Waals surface area (Å²) in [5, 5.41) is 0. The zero-order valence-electron chi connectivity index (χ0n) is 9.26. The molecule has 0 heterocycles. The maximum absolute atomic E-state index is 5.68. The maximum atomic E-state index is 5.68. The zero-order chi connectivity index (χ0) is 11.2. The first kappa shape index (κ1) is 10.5. The van der Waals surface area contributed by atoms with Crippen molar-refractivity contribution in [2.45, 2.75) is 6.92 Å². The summed E-state index contributed by atoms with van der Waals surface area (Å²) in [7, 11) is 0. The van der Waals surface area contributed by atoms with Crippen LogP contribution in [0.1, 0.15) is 12.5 Å². The molecule has 0 fully saturated rings. The molecule has 1 nitrogen and oxygen atoms in total. The Bertz CT molecular complexity index is 457. The molecule has 0 radical (unpaired) electrons. The Morgan fingerprint density at radius 3 is 2.06 bits per heavy atom. The quantitative estimate of drug-likeness (QED) is 0.692. The number of para-hydroxylation sites is 1. The van der Waals surface area contributed by atoms with Gasteiger partial charge in [0.25, 0.3) is 0 Å². The van der Waals surface area contributed by atoms with Crippen molar-refractivity contribution in [2.24, 2.45) is 0 Å². The van der Waals surface area contributed by atoms with Crippen molar-refractivity contribution >= 4 is 6.08 Å². The van der Waals surface area contributed by atoms with Crippen molar-refractivity contribution in [3.8, 4) is 5.75 Å². The first-order valence-electron chi connectivity index (χ1n) is 5.31. The summed E-state index contributed by atoms with van der Waals surface area (Å²) in [6.45, 7) is 1.96. The average molecular weight is 210 g/mol. The van der Waals surface area contributed by atoms with Gasteiger partial charge in [0.05, 0.1) is 0 Å². The third kappa shape index (κ3) is 2.99. The van der Waals surface area contributed by atoms with Crippen LogP contribution in [0.25, 0.3) is 6.08 Å². The molecule has 0 unspecified atom stereocenters. The maximum Gasteiger partial charge on any atom is 0.126 e. The Kier molecular flexibility index (Phi) is 3.39. The van der Waals surface area contributed by atoms with Crippen molar-refractivity contribution in [2.75, 3.05) is 0 Å². The van der Waals surface area contributed by atoms with Crippen molar-refractivity contribution in [3.63, 3.8) is 0 Å². The van der Waals surface area contributed by atoms with Gasteiger partial charge in [-0.15, -0.1) is 0 Å². The van der Waals surface area contributed by atoms with Gasteiger partial charge in [-0.1, -0.05) is 48.5 Å². The Morgan fingerprint density at radius 1 is 0.875 bits per heavy atom. The first-order chi connectivity index (χ1) is 7.84. The molecule has 0 aliphatic carbocycles. The highest BCUT2D eigenvalue weighted by Gasteiger charge is 1.94. The van der Waals surface area contributed by atoms with E-state index in [-0.39, 0.29) is 0 Å². The van der Waals surface area contributed by atoms with E-state index in [4.69, 9.17) is 4.74 Å². The minimum atomic E-state index is 0.868. The van der Waals surface area contributed by atoms with Crippen LogP contribution in [0, 0.1) is 0 Å². The van der Waals surface area contributed by atoms with Crippen LogP contribution in [0.15, 0.2) is 66.4 Å². The van der Waals surface area contributed by atoms with E-state index in [1.54, 1.807) is 0 Å². The van der Waals surface area contributed by atoms with Gasteiger partial charge in [0.1, 0.15) is 11.5 Å². The monoisotopic (exact) mass is 210 g/mol. The smallest absolute Gasteiger partial charge is 0.126 e. The molecular formula is C15H14O. The lowest BCUT2D eigenvalue weighted by Gasteiger charge is -2.05. The molecule has 16 heavy (non-hydrogen) atoms. The second kappa shape index (κ2) is 5.17. The standard InChI is InChI=1S/C15H14O/c1-13(12-14-8-4-2-5-9-14)16-15-10-6-3-7-11-15/h2-12H,1H3/b13-12+.